The Labute approximate surface area is 130 Å². The summed E-state index contributed by atoms with van der Waals surface area (Å²) >= 11 is 7.44. The van der Waals surface area contributed by atoms with Crippen LogP contribution >= 0.6 is 22.9 Å². The molecule has 20 heavy (non-hydrogen) atoms. The largest absolute Gasteiger partial charge is 0.302 e. The number of thiazole rings is 1. The molecule has 0 aliphatic rings. The van der Waals surface area contributed by atoms with Gasteiger partial charge in [0.2, 0.25) is 0 Å². The molecule has 4 heteroatoms. The lowest BCUT2D eigenvalue weighted by atomic mass is 10.1. The van der Waals surface area contributed by atoms with E-state index in [2.05, 4.69) is 48.1 Å². The summed E-state index contributed by atoms with van der Waals surface area (Å²) in [7, 11) is 2.18. The molecule has 0 fully saturated rings. The average molecular weight is 309 g/mol. The Morgan fingerprint density at radius 2 is 2.00 bits per heavy atom. The molecule has 0 amide bonds. The molecule has 0 spiro atoms. The fourth-order valence-corrected chi connectivity index (χ4v) is 3.13. The normalized spacial score (nSPS) is 11.2. The van der Waals surface area contributed by atoms with Gasteiger partial charge in [-0.3, -0.25) is 0 Å². The Morgan fingerprint density at radius 3 is 2.60 bits per heavy atom. The van der Waals surface area contributed by atoms with Gasteiger partial charge in [0.15, 0.2) is 0 Å². The van der Waals surface area contributed by atoms with Gasteiger partial charge >= 0.3 is 0 Å². The summed E-state index contributed by atoms with van der Waals surface area (Å²) in [6.45, 7) is 4.39. The van der Waals surface area contributed by atoms with Gasteiger partial charge in [-0.2, -0.15) is 0 Å². The number of rotatable bonds is 7. The van der Waals surface area contributed by atoms with E-state index in [1.165, 1.54) is 24.0 Å². The van der Waals surface area contributed by atoms with Crippen molar-refractivity contribution < 1.29 is 0 Å². The summed E-state index contributed by atoms with van der Waals surface area (Å²) in [5.74, 6) is 0.483. The van der Waals surface area contributed by atoms with E-state index >= 15 is 0 Å². The van der Waals surface area contributed by atoms with Crippen molar-refractivity contribution in [1.82, 2.24) is 9.88 Å². The predicted octanol–water partition coefficient (Wildman–Crippen LogP) is 4.78. The summed E-state index contributed by atoms with van der Waals surface area (Å²) < 4.78 is 0. The zero-order valence-corrected chi connectivity index (χ0v) is 13.7. The number of hydrogen-bond donors (Lipinski definition) is 0. The number of halogens is 1. The average Bonchev–Trinajstić information content (AvgIpc) is 2.95. The summed E-state index contributed by atoms with van der Waals surface area (Å²) in [6.07, 6.45) is 2.51. The second-order valence-corrected chi connectivity index (χ2v) is 6.19. The highest BCUT2D eigenvalue weighted by Gasteiger charge is 2.05. The smallest absolute Gasteiger partial charge is 0.123 e. The number of aromatic nitrogens is 1. The maximum absolute atomic E-state index is 5.79. The van der Waals surface area contributed by atoms with Crippen molar-refractivity contribution in [3.63, 3.8) is 0 Å². The lowest BCUT2D eigenvalue weighted by Gasteiger charge is -2.16. The van der Waals surface area contributed by atoms with Crippen LogP contribution in [0, 0.1) is 0 Å². The molecule has 0 saturated heterocycles. The summed E-state index contributed by atoms with van der Waals surface area (Å²) in [6, 6.07) is 8.69. The van der Waals surface area contributed by atoms with Crippen LogP contribution in [0.25, 0.3) is 10.6 Å². The minimum atomic E-state index is 0.483. The first-order valence-electron chi connectivity index (χ1n) is 7.01. The van der Waals surface area contributed by atoms with Crippen LogP contribution in [0.2, 0.25) is 0 Å². The summed E-state index contributed by atoms with van der Waals surface area (Å²) in [5, 5.41) is 3.07. The third kappa shape index (κ3) is 4.30. The highest BCUT2D eigenvalue weighted by atomic mass is 35.5. The molecule has 0 saturated carbocycles. The quantitative estimate of drug-likeness (QED) is 0.684. The van der Waals surface area contributed by atoms with E-state index in [0.29, 0.717) is 5.88 Å². The van der Waals surface area contributed by atoms with Gasteiger partial charge in [-0.1, -0.05) is 37.6 Å². The zero-order chi connectivity index (χ0) is 14.4. The maximum Gasteiger partial charge on any atom is 0.123 e. The molecule has 2 nitrogen and oxygen atoms in total. The van der Waals surface area contributed by atoms with E-state index in [9.17, 15) is 0 Å². The van der Waals surface area contributed by atoms with Crippen LogP contribution in [0.4, 0.5) is 0 Å². The first-order valence-corrected chi connectivity index (χ1v) is 8.42. The minimum Gasteiger partial charge on any atom is -0.302 e. The molecule has 1 aromatic heterocycles. The maximum atomic E-state index is 5.79. The lowest BCUT2D eigenvalue weighted by Crippen LogP contribution is -2.18. The van der Waals surface area contributed by atoms with Gasteiger partial charge in [0, 0.05) is 17.5 Å². The highest BCUT2D eigenvalue weighted by molar-refractivity contribution is 7.13. The summed E-state index contributed by atoms with van der Waals surface area (Å²) in [5.41, 5.74) is 3.47. The topological polar surface area (TPSA) is 16.1 Å². The molecule has 1 aromatic carbocycles. The number of alkyl halides is 1. The van der Waals surface area contributed by atoms with Crippen LogP contribution in [0.3, 0.4) is 0 Å². The number of unbranched alkanes of at least 4 members (excludes halogenated alkanes) is 1. The third-order valence-corrected chi connectivity index (χ3v) is 4.45. The molecule has 0 bridgehead atoms. The zero-order valence-electron chi connectivity index (χ0n) is 12.1. The molecular formula is C16H21ClN2S. The molecule has 0 unspecified atom stereocenters. The minimum absolute atomic E-state index is 0.483. The molecule has 0 aliphatic carbocycles. The molecule has 2 rings (SSSR count). The Kier molecular flexibility index (Phi) is 6.02. The van der Waals surface area contributed by atoms with Crippen molar-refractivity contribution in [2.24, 2.45) is 0 Å². The van der Waals surface area contributed by atoms with Crippen LogP contribution in [0.1, 0.15) is 31.0 Å². The van der Waals surface area contributed by atoms with Crippen LogP contribution < -0.4 is 0 Å². The van der Waals surface area contributed by atoms with E-state index in [1.54, 1.807) is 11.3 Å². The molecule has 1 heterocycles. The Hall–Kier alpha value is -0.900. The monoisotopic (exact) mass is 308 g/mol. The molecule has 108 valence electrons. The second-order valence-electron chi connectivity index (χ2n) is 5.07. The van der Waals surface area contributed by atoms with Crippen molar-refractivity contribution in [3.8, 4) is 10.6 Å². The van der Waals surface area contributed by atoms with Crippen LogP contribution in [-0.2, 0) is 12.4 Å². The van der Waals surface area contributed by atoms with Gasteiger partial charge < -0.3 is 4.90 Å². The molecule has 2 aromatic rings. The van der Waals surface area contributed by atoms with Gasteiger partial charge in [0.1, 0.15) is 5.01 Å². The van der Waals surface area contributed by atoms with Crippen molar-refractivity contribution in [2.75, 3.05) is 13.6 Å². The first-order chi connectivity index (χ1) is 9.72. The van der Waals surface area contributed by atoms with Gasteiger partial charge in [-0.25, -0.2) is 4.98 Å². The van der Waals surface area contributed by atoms with E-state index < -0.39 is 0 Å². The fraction of sp³-hybridized carbons (Fsp3) is 0.438. The second kappa shape index (κ2) is 7.77. The van der Waals surface area contributed by atoms with E-state index in [1.807, 2.05) is 5.38 Å². The van der Waals surface area contributed by atoms with Gasteiger partial charge in [0.25, 0.3) is 0 Å². The molecule has 0 N–H and O–H groups in total. The Morgan fingerprint density at radius 1 is 1.25 bits per heavy atom. The van der Waals surface area contributed by atoms with E-state index in [4.69, 9.17) is 11.6 Å². The fourth-order valence-electron chi connectivity index (χ4n) is 2.07. The number of hydrogen-bond acceptors (Lipinski definition) is 3. The Balaban J connectivity index is 1.99. The molecule has 0 aliphatic heterocycles. The Bertz CT molecular complexity index is 522. The van der Waals surface area contributed by atoms with Crippen molar-refractivity contribution in [3.05, 3.63) is 40.9 Å². The predicted molar refractivity (Wildman–Crippen MR) is 88.3 cm³/mol. The first kappa shape index (κ1) is 15.5. The van der Waals surface area contributed by atoms with Gasteiger partial charge in [0.05, 0.1) is 11.6 Å². The van der Waals surface area contributed by atoms with E-state index in [-0.39, 0.29) is 0 Å². The molecule has 0 atom stereocenters. The standard InChI is InChI=1S/C16H21ClN2S/c1-3-4-9-19(2)11-13-5-7-14(8-6-13)16-18-15(10-17)12-20-16/h5-8,12H,3-4,9-11H2,1-2H3. The summed E-state index contributed by atoms with van der Waals surface area (Å²) in [4.78, 5) is 6.87. The van der Waals surface area contributed by atoms with Crippen LogP contribution in [0.5, 0.6) is 0 Å². The lowest BCUT2D eigenvalue weighted by molar-refractivity contribution is 0.321. The number of nitrogens with zero attached hydrogens (tertiary/aromatic N) is 2. The molecule has 0 radical (unpaired) electrons. The van der Waals surface area contributed by atoms with Crippen molar-refractivity contribution >= 4 is 22.9 Å². The highest BCUT2D eigenvalue weighted by Crippen LogP contribution is 2.24. The van der Waals surface area contributed by atoms with Crippen molar-refractivity contribution in [2.45, 2.75) is 32.2 Å². The SMILES string of the molecule is CCCCN(C)Cc1ccc(-c2nc(CCl)cs2)cc1. The van der Waals surface area contributed by atoms with Crippen LogP contribution in [0.15, 0.2) is 29.6 Å². The molecular weight excluding hydrogens is 288 g/mol. The van der Waals surface area contributed by atoms with Crippen molar-refractivity contribution in [1.29, 1.82) is 0 Å². The van der Waals surface area contributed by atoms with Gasteiger partial charge in [-0.05, 0) is 25.6 Å². The van der Waals surface area contributed by atoms with Gasteiger partial charge in [-0.15, -0.1) is 22.9 Å². The third-order valence-electron chi connectivity index (χ3n) is 3.24. The number of benzene rings is 1. The van der Waals surface area contributed by atoms with Crippen LogP contribution in [-0.4, -0.2) is 23.5 Å². The van der Waals surface area contributed by atoms with E-state index in [0.717, 1.165) is 23.8 Å².